The Labute approximate surface area is 122 Å². The van der Waals surface area contributed by atoms with Gasteiger partial charge >= 0.3 is 0 Å². The molecule has 0 aromatic heterocycles. The number of benzene rings is 1. The predicted octanol–water partition coefficient (Wildman–Crippen LogP) is 0.480. The topological polar surface area (TPSA) is 54.4 Å². The Balaban J connectivity index is 0. The monoisotopic (exact) mass is 218 g/mol. The average molecular weight is 218 g/mol. The van der Waals surface area contributed by atoms with Crippen molar-refractivity contribution in [2.45, 2.75) is 11.8 Å². The molecule has 62 valence electrons. The van der Waals surface area contributed by atoms with E-state index in [1.165, 1.54) is 12.1 Å². The van der Waals surface area contributed by atoms with Gasteiger partial charge in [0.2, 0.25) is 0 Å². The van der Waals surface area contributed by atoms with Crippen LogP contribution in [0.3, 0.4) is 0 Å². The predicted molar refractivity (Wildman–Crippen MR) is 52.5 cm³/mol. The van der Waals surface area contributed by atoms with E-state index in [0.717, 1.165) is 5.56 Å². The number of rotatable bonds is 1. The number of aryl methyl sites for hydroxylation is 1. The van der Waals surface area contributed by atoms with Crippen LogP contribution in [0.4, 0.5) is 0 Å². The van der Waals surface area contributed by atoms with Gasteiger partial charge in [0.25, 0.3) is 10.1 Å². The molecule has 0 atom stereocenters. The Morgan fingerprint density at radius 2 is 1.77 bits per heavy atom. The van der Waals surface area contributed by atoms with Crippen LogP contribution in [0.2, 0.25) is 0 Å². The Morgan fingerprint density at radius 1 is 1.23 bits per heavy atom. The molecule has 1 N–H and O–H groups in total. The van der Waals surface area contributed by atoms with E-state index in [9.17, 15) is 8.42 Å². The first kappa shape index (κ1) is 16.6. The summed E-state index contributed by atoms with van der Waals surface area (Å²) in [5.74, 6) is 0. The van der Waals surface area contributed by atoms with Gasteiger partial charge in [0, 0.05) is 59.1 Å². The van der Waals surface area contributed by atoms with Gasteiger partial charge in [0.05, 0.1) is 4.90 Å². The second-order valence-corrected chi connectivity index (χ2v) is 3.71. The normalized spacial score (nSPS) is 9.69. The summed E-state index contributed by atoms with van der Waals surface area (Å²) >= 11 is 0. The fourth-order valence-electron chi connectivity index (χ4n) is 0.776. The first-order chi connectivity index (χ1) is 5.00. The van der Waals surface area contributed by atoms with Gasteiger partial charge in [-0.1, -0.05) is 12.1 Å². The van der Waals surface area contributed by atoms with Crippen LogP contribution in [-0.2, 0) is 10.1 Å². The van der Waals surface area contributed by atoms with Crippen LogP contribution in [0.5, 0.6) is 0 Å². The molecule has 13 heavy (non-hydrogen) atoms. The smallest absolute Gasteiger partial charge is 0.282 e. The molecular weight excluding hydrogens is 210 g/mol. The van der Waals surface area contributed by atoms with Crippen molar-refractivity contribution in [1.29, 1.82) is 0 Å². The summed E-state index contributed by atoms with van der Waals surface area (Å²) in [7, 11) is -4.03. The molecule has 0 saturated heterocycles. The second-order valence-electron chi connectivity index (χ2n) is 2.29. The van der Waals surface area contributed by atoms with Crippen molar-refractivity contribution in [1.82, 2.24) is 0 Å². The van der Waals surface area contributed by atoms with E-state index in [0.29, 0.717) is 0 Å². The summed E-state index contributed by atoms with van der Waals surface area (Å²) in [6.45, 7) is 1.76. The third-order valence-corrected chi connectivity index (χ3v) is 2.14. The van der Waals surface area contributed by atoms with Crippen LogP contribution in [0.25, 0.3) is 0 Å². The van der Waals surface area contributed by atoms with Crippen molar-refractivity contribution in [2.24, 2.45) is 0 Å². The molecule has 0 spiro atoms. The van der Waals surface area contributed by atoms with Gasteiger partial charge < -0.3 is 0 Å². The fourth-order valence-corrected chi connectivity index (χ4v) is 1.36. The fraction of sp³-hybridized carbons (Fsp3) is 0.143. The Bertz CT molecular complexity index is 362. The molecule has 6 heteroatoms. The minimum Gasteiger partial charge on any atom is -0.282 e. The van der Waals surface area contributed by atoms with Crippen molar-refractivity contribution < 1.29 is 13.0 Å². The van der Waals surface area contributed by atoms with E-state index in [1.807, 2.05) is 0 Å². The zero-order valence-corrected chi connectivity index (χ0v) is 12.8. The maximum Gasteiger partial charge on any atom is 0.294 e. The molecule has 1 aromatic rings. The summed E-state index contributed by atoms with van der Waals surface area (Å²) in [4.78, 5) is -0.0579. The van der Waals surface area contributed by atoms with Crippen LogP contribution in [-0.4, -0.2) is 72.1 Å². The molecule has 3 nitrogen and oxygen atoms in total. The van der Waals surface area contributed by atoms with E-state index in [1.54, 1.807) is 19.1 Å². The standard InChI is InChI=1S/C7H8O3S.2Na/c1-6-3-2-4-7(5-6)11(8,9)10;;/h2-5H,1H3,(H,8,9,10);;. The Hall–Kier alpha value is 1.13. The zero-order valence-electron chi connectivity index (χ0n) is 7.98. The molecule has 2 radical (unpaired) electrons. The summed E-state index contributed by atoms with van der Waals surface area (Å²) in [5, 5.41) is 0. The van der Waals surface area contributed by atoms with E-state index >= 15 is 0 Å². The van der Waals surface area contributed by atoms with Gasteiger partial charge in [-0.15, -0.1) is 0 Å². The van der Waals surface area contributed by atoms with Crippen molar-refractivity contribution in [3.05, 3.63) is 29.8 Å². The Morgan fingerprint density at radius 3 is 2.08 bits per heavy atom. The Kier molecular flexibility index (Phi) is 8.38. The van der Waals surface area contributed by atoms with Gasteiger partial charge in [0.15, 0.2) is 0 Å². The second kappa shape index (κ2) is 6.58. The van der Waals surface area contributed by atoms with Crippen LogP contribution in [0, 0.1) is 6.92 Å². The summed E-state index contributed by atoms with van der Waals surface area (Å²) in [6, 6.07) is 6.10. The largest absolute Gasteiger partial charge is 0.294 e. The van der Waals surface area contributed by atoms with E-state index in [-0.39, 0.29) is 64.0 Å². The molecule has 1 aromatic carbocycles. The van der Waals surface area contributed by atoms with Crippen molar-refractivity contribution >= 4 is 69.2 Å². The van der Waals surface area contributed by atoms with Crippen LogP contribution in [0.15, 0.2) is 29.2 Å². The summed E-state index contributed by atoms with van der Waals surface area (Å²) in [5.41, 5.74) is 0.806. The summed E-state index contributed by atoms with van der Waals surface area (Å²) < 4.78 is 29.7. The van der Waals surface area contributed by atoms with Crippen LogP contribution in [0.1, 0.15) is 5.56 Å². The molecule has 0 fully saturated rings. The molecule has 0 bridgehead atoms. The molecule has 0 aliphatic heterocycles. The van der Waals surface area contributed by atoms with Crippen LogP contribution < -0.4 is 0 Å². The summed E-state index contributed by atoms with van der Waals surface area (Å²) in [6.07, 6.45) is 0. The SMILES string of the molecule is Cc1cccc(S(=O)(=O)O)c1.[Na].[Na]. The van der Waals surface area contributed by atoms with Crippen molar-refractivity contribution in [2.75, 3.05) is 0 Å². The molecule has 0 saturated carbocycles. The van der Waals surface area contributed by atoms with Crippen LogP contribution >= 0.6 is 0 Å². The molecular formula is C7H8Na2O3S. The molecule has 0 heterocycles. The molecule has 0 unspecified atom stereocenters. The minimum absolute atomic E-state index is 0. The van der Waals surface area contributed by atoms with E-state index < -0.39 is 10.1 Å². The van der Waals surface area contributed by atoms with Gasteiger partial charge in [-0.05, 0) is 24.6 Å². The van der Waals surface area contributed by atoms with Gasteiger partial charge in [-0.25, -0.2) is 0 Å². The number of hydrogen-bond acceptors (Lipinski definition) is 2. The van der Waals surface area contributed by atoms with Gasteiger partial charge in [0.1, 0.15) is 0 Å². The zero-order chi connectivity index (χ0) is 8.48. The number of hydrogen-bond donors (Lipinski definition) is 1. The first-order valence-electron chi connectivity index (χ1n) is 3.04. The molecule has 0 aliphatic carbocycles. The maximum atomic E-state index is 10.5. The van der Waals surface area contributed by atoms with Gasteiger partial charge in [-0.2, -0.15) is 8.42 Å². The van der Waals surface area contributed by atoms with E-state index in [4.69, 9.17) is 4.55 Å². The maximum absolute atomic E-state index is 10.5. The van der Waals surface area contributed by atoms with Crippen molar-refractivity contribution in [3.8, 4) is 0 Å². The third-order valence-electron chi connectivity index (χ3n) is 1.29. The quantitative estimate of drug-likeness (QED) is 0.551. The first-order valence-corrected chi connectivity index (χ1v) is 4.48. The minimum atomic E-state index is -4.03. The van der Waals surface area contributed by atoms with Crippen molar-refractivity contribution in [3.63, 3.8) is 0 Å². The van der Waals surface area contributed by atoms with E-state index in [2.05, 4.69) is 0 Å². The molecule has 1 rings (SSSR count). The van der Waals surface area contributed by atoms with Gasteiger partial charge in [-0.3, -0.25) is 4.55 Å². The molecule has 0 amide bonds. The third kappa shape index (κ3) is 5.54. The average Bonchev–Trinajstić information content (AvgIpc) is 1.86. The molecule has 0 aliphatic rings.